The fraction of sp³-hybridized carbons (Fsp3) is 0.588. The van der Waals surface area contributed by atoms with Crippen molar-refractivity contribution in [2.75, 3.05) is 13.1 Å². The van der Waals surface area contributed by atoms with Crippen LogP contribution in [0.3, 0.4) is 0 Å². The van der Waals surface area contributed by atoms with E-state index in [1.54, 1.807) is 6.07 Å². The summed E-state index contributed by atoms with van der Waals surface area (Å²) < 4.78 is 0. The molecule has 1 aromatic carbocycles. The second-order valence-electron chi connectivity index (χ2n) is 5.68. The van der Waals surface area contributed by atoms with E-state index in [2.05, 4.69) is 24.8 Å². The first-order chi connectivity index (χ1) is 9.67. The molecule has 0 heterocycles. The highest BCUT2D eigenvalue weighted by molar-refractivity contribution is 5.89. The minimum absolute atomic E-state index is 0.500. The van der Waals surface area contributed by atoms with Gasteiger partial charge in [-0.2, -0.15) is 0 Å². The lowest BCUT2D eigenvalue weighted by Crippen LogP contribution is -2.40. The number of nitrogens with zero attached hydrogens (tertiary/aromatic N) is 1. The standard InChI is InChI=1S/C17H25NO2/c1-3-10-18(11-4-2)14-9-8-13-6-5-7-15(17(19)20)16(13)12-14/h5-7,14H,3-4,8-12H2,1-2H3,(H,19,20). The molecular weight excluding hydrogens is 250 g/mol. The van der Waals surface area contributed by atoms with E-state index in [4.69, 9.17) is 0 Å². The van der Waals surface area contributed by atoms with Gasteiger partial charge in [0.1, 0.15) is 0 Å². The molecule has 1 atom stereocenters. The molecule has 2 rings (SSSR count). The SMILES string of the molecule is CCCN(CCC)C1CCc2cccc(C(=O)O)c2C1. The fourth-order valence-electron chi connectivity index (χ4n) is 3.33. The van der Waals surface area contributed by atoms with E-state index in [0.29, 0.717) is 11.6 Å². The lowest BCUT2D eigenvalue weighted by Gasteiger charge is -2.35. The highest BCUT2D eigenvalue weighted by Gasteiger charge is 2.26. The Morgan fingerprint density at radius 3 is 2.60 bits per heavy atom. The molecule has 1 unspecified atom stereocenters. The van der Waals surface area contributed by atoms with Gasteiger partial charge in [-0.25, -0.2) is 4.79 Å². The topological polar surface area (TPSA) is 40.5 Å². The number of hydrogen-bond donors (Lipinski definition) is 1. The van der Waals surface area contributed by atoms with Crippen LogP contribution < -0.4 is 0 Å². The van der Waals surface area contributed by atoms with Crippen molar-refractivity contribution in [3.63, 3.8) is 0 Å². The van der Waals surface area contributed by atoms with E-state index in [0.717, 1.165) is 50.8 Å². The average molecular weight is 275 g/mol. The lowest BCUT2D eigenvalue weighted by molar-refractivity contribution is 0.0694. The summed E-state index contributed by atoms with van der Waals surface area (Å²) >= 11 is 0. The Bertz CT molecular complexity index is 464. The van der Waals surface area contributed by atoms with Crippen molar-refractivity contribution in [3.05, 3.63) is 34.9 Å². The van der Waals surface area contributed by atoms with Gasteiger partial charge in [0, 0.05) is 6.04 Å². The first kappa shape index (κ1) is 15.0. The number of aromatic carboxylic acids is 1. The number of carboxylic acids is 1. The van der Waals surface area contributed by atoms with Crippen LogP contribution in [0.15, 0.2) is 18.2 Å². The summed E-state index contributed by atoms with van der Waals surface area (Å²) in [6.45, 7) is 6.65. The van der Waals surface area contributed by atoms with Crippen molar-refractivity contribution in [2.24, 2.45) is 0 Å². The number of carbonyl (C=O) groups is 1. The van der Waals surface area contributed by atoms with Crippen molar-refractivity contribution in [1.29, 1.82) is 0 Å². The minimum atomic E-state index is -0.792. The summed E-state index contributed by atoms with van der Waals surface area (Å²) in [5.74, 6) is -0.792. The molecule has 1 N–H and O–H groups in total. The van der Waals surface area contributed by atoms with E-state index in [1.807, 2.05) is 6.07 Å². The van der Waals surface area contributed by atoms with Crippen LogP contribution in [0.4, 0.5) is 0 Å². The second kappa shape index (κ2) is 6.89. The molecule has 0 saturated heterocycles. The van der Waals surface area contributed by atoms with Gasteiger partial charge >= 0.3 is 5.97 Å². The minimum Gasteiger partial charge on any atom is -0.478 e. The van der Waals surface area contributed by atoms with Crippen LogP contribution >= 0.6 is 0 Å². The zero-order chi connectivity index (χ0) is 14.5. The van der Waals surface area contributed by atoms with E-state index >= 15 is 0 Å². The number of rotatable bonds is 6. The highest BCUT2D eigenvalue weighted by Crippen LogP contribution is 2.27. The Morgan fingerprint density at radius 1 is 1.30 bits per heavy atom. The molecule has 110 valence electrons. The monoisotopic (exact) mass is 275 g/mol. The first-order valence-electron chi connectivity index (χ1n) is 7.75. The van der Waals surface area contributed by atoms with Gasteiger partial charge in [0.05, 0.1) is 5.56 Å². The molecule has 0 radical (unpaired) electrons. The Balaban J connectivity index is 2.22. The van der Waals surface area contributed by atoms with Gasteiger partial charge < -0.3 is 10.0 Å². The van der Waals surface area contributed by atoms with E-state index < -0.39 is 5.97 Å². The third kappa shape index (κ3) is 3.21. The molecule has 0 aromatic heterocycles. The van der Waals surface area contributed by atoms with Gasteiger partial charge in [-0.1, -0.05) is 26.0 Å². The van der Waals surface area contributed by atoms with Crippen molar-refractivity contribution in [1.82, 2.24) is 4.90 Å². The number of aryl methyl sites for hydroxylation is 1. The molecule has 1 aliphatic rings. The molecule has 0 amide bonds. The lowest BCUT2D eigenvalue weighted by atomic mass is 9.84. The Morgan fingerprint density at radius 2 is 2.00 bits per heavy atom. The van der Waals surface area contributed by atoms with Gasteiger partial charge in [0.2, 0.25) is 0 Å². The third-order valence-corrected chi connectivity index (χ3v) is 4.23. The van der Waals surface area contributed by atoms with Gasteiger partial charge in [0.25, 0.3) is 0 Å². The Hall–Kier alpha value is -1.35. The van der Waals surface area contributed by atoms with Crippen LogP contribution in [0.5, 0.6) is 0 Å². The second-order valence-corrected chi connectivity index (χ2v) is 5.68. The molecule has 3 nitrogen and oxygen atoms in total. The van der Waals surface area contributed by atoms with Gasteiger partial charge in [-0.05, 0) is 62.4 Å². The molecule has 0 aliphatic heterocycles. The molecule has 0 saturated carbocycles. The van der Waals surface area contributed by atoms with Gasteiger partial charge in [0.15, 0.2) is 0 Å². The summed E-state index contributed by atoms with van der Waals surface area (Å²) in [6.07, 6.45) is 5.35. The highest BCUT2D eigenvalue weighted by atomic mass is 16.4. The summed E-state index contributed by atoms with van der Waals surface area (Å²) in [6, 6.07) is 6.21. The van der Waals surface area contributed by atoms with Gasteiger partial charge in [-0.15, -0.1) is 0 Å². The normalized spacial score (nSPS) is 18.1. The molecule has 0 bridgehead atoms. The first-order valence-corrected chi connectivity index (χ1v) is 7.75. The summed E-state index contributed by atoms with van der Waals surface area (Å²) in [5.41, 5.74) is 2.79. The maximum absolute atomic E-state index is 11.4. The maximum atomic E-state index is 11.4. The largest absolute Gasteiger partial charge is 0.478 e. The summed E-state index contributed by atoms with van der Waals surface area (Å²) in [7, 11) is 0. The summed E-state index contributed by atoms with van der Waals surface area (Å²) in [5, 5.41) is 9.36. The molecular formula is C17H25NO2. The number of carboxylic acid groups (broad SMARTS) is 1. The van der Waals surface area contributed by atoms with E-state index in [9.17, 15) is 9.90 Å². The molecule has 3 heteroatoms. The van der Waals surface area contributed by atoms with E-state index in [-0.39, 0.29) is 0 Å². The predicted molar refractivity (Wildman–Crippen MR) is 81.4 cm³/mol. The van der Waals surface area contributed by atoms with Crippen LogP contribution in [-0.2, 0) is 12.8 Å². The number of hydrogen-bond acceptors (Lipinski definition) is 2. The van der Waals surface area contributed by atoms with Crippen LogP contribution in [0.1, 0.15) is 54.6 Å². The maximum Gasteiger partial charge on any atom is 0.335 e. The molecule has 1 aromatic rings. The Labute approximate surface area is 121 Å². The smallest absolute Gasteiger partial charge is 0.335 e. The third-order valence-electron chi connectivity index (χ3n) is 4.23. The quantitative estimate of drug-likeness (QED) is 0.865. The fourth-order valence-corrected chi connectivity index (χ4v) is 3.33. The number of benzene rings is 1. The van der Waals surface area contributed by atoms with Crippen LogP contribution in [0.25, 0.3) is 0 Å². The molecule has 20 heavy (non-hydrogen) atoms. The van der Waals surface area contributed by atoms with Crippen molar-refractivity contribution in [2.45, 2.75) is 52.0 Å². The molecule has 1 aliphatic carbocycles. The molecule has 0 fully saturated rings. The average Bonchev–Trinajstić information content (AvgIpc) is 2.45. The van der Waals surface area contributed by atoms with Gasteiger partial charge in [-0.3, -0.25) is 0 Å². The van der Waals surface area contributed by atoms with Crippen LogP contribution in [0, 0.1) is 0 Å². The van der Waals surface area contributed by atoms with Crippen LogP contribution in [-0.4, -0.2) is 35.1 Å². The van der Waals surface area contributed by atoms with Crippen molar-refractivity contribution in [3.8, 4) is 0 Å². The summed E-state index contributed by atoms with van der Waals surface area (Å²) in [4.78, 5) is 13.9. The van der Waals surface area contributed by atoms with Crippen molar-refractivity contribution < 1.29 is 9.90 Å². The zero-order valence-corrected chi connectivity index (χ0v) is 12.6. The number of fused-ring (bicyclic) bond motifs is 1. The Kier molecular flexibility index (Phi) is 5.18. The van der Waals surface area contributed by atoms with E-state index in [1.165, 1.54) is 5.56 Å². The molecule has 0 spiro atoms. The zero-order valence-electron chi connectivity index (χ0n) is 12.6. The van der Waals surface area contributed by atoms with Crippen molar-refractivity contribution >= 4 is 5.97 Å². The predicted octanol–water partition coefficient (Wildman–Crippen LogP) is 3.36. The van der Waals surface area contributed by atoms with Crippen LogP contribution in [0.2, 0.25) is 0 Å².